The van der Waals surface area contributed by atoms with Crippen LogP contribution in [0.15, 0.2) is 79.0 Å². The molecule has 0 saturated carbocycles. The van der Waals surface area contributed by atoms with Crippen molar-refractivity contribution in [3.63, 3.8) is 0 Å². The van der Waals surface area contributed by atoms with E-state index in [0.717, 1.165) is 6.54 Å². The Morgan fingerprint density at radius 1 is 0.762 bits per heavy atom. The Hall–Kier alpha value is -2.13. The van der Waals surface area contributed by atoms with E-state index < -0.39 is 0 Å². The van der Waals surface area contributed by atoms with E-state index in [1.165, 1.54) is 22.2 Å². The molecule has 2 nitrogen and oxygen atoms in total. The summed E-state index contributed by atoms with van der Waals surface area (Å²) in [6.45, 7) is 0.891. The summed E-state index contributed by atoms with van der Waals surface area (Å²) in [5.74, 6) is 0. The molecule has 2 aromatic heterocycles. The van der Waals surface area contributed by atoms with Gasteiger partial charge in [-0.3, -0.25) is 0 Å². The van der Waals surface area contributed by atoms with Gasteiger partial charge in [0.25, 0.3) is 5.65 Å². The standard InChI is InChI=1S/C18H15N2.BrH/c1-2-8-15(9-3-1)14-20-17-11-5-4-10-16(17)19-13-7-6-12-18(19)20;/h1-13H,14H2;1H/q+1;/p-1. The molecule has 0 fully saturated rings. The van der Waals surface area contributed by atoms with E-state index >= 15 is 0 Å². The number of fused-ring (bicyclic) bond motifs is 3. The SMILES string of the molecule is [Br-].c1ccc(C[n+]2c3ccccc3n3ccccc32)cc1. The van der Waals surface area contributed by atoms with Crippen LogP contribution in [0, 0.1) is 0 Å². The average Bonchev–Trinajstić information content (AvgIpc) is 2.84. The highest BCUT2D eigenvalue weighted by atomic mass is 79.9. The lowest BCUT2D eigenvalue weighted by atomic mass is 10.2. The van der Waals surface area contributed by atoms with Crippen LogP contribution in [-0.2, 0) is 6.54 Å². The molecule has 104 valence electrons. The smallest absolute Gasteiger partial charge is 0.287 e. The summed E-state index contributed by atoms with van der Waals surface area (Å²) >= 11 is 0. The van der Waals surface area contributed by atoms with Crippen molar-refractivity contribution in [1.82, 2.24) is 4.40 Å². The van der Waals surface area contributed by atoms with Gasteiger partial charge in [-0.2, -0.15) is 4.40 Å². The van der Waals surface area contributed by atoms with Crippen molar-refractivity contribution in [1.29, 1.82) is 0 Å². The lowest BCUT2D eigenvalue weighted by Gasteiger charge is -1.99. The number of nitrogens with zero attached hydrogens (tertiary/aromatic N) is 2. The summed E-state index contributed by atoms with van der Waals surface area (Å²) in [5.41, 5.74) is 5.05. The molecule has 4 rings (SSSR count). The summed E-state index contributed by atoms with van der Waals surface area (Å²) in [6, 6.07) is 25.5. The molecule has 4 aromatic rings. The summed E-state index contributed by atoms with van der Waals surface area (Å²) < 4.78 is 4.61. The summed E-state index contributed by atoms with van der Waals surface area (Å²) in [5, 5.41) is 0. The zero-order valence-corrected chi connectivity index (χ0v) is 13.1. The number of rotatable bonds is 2. The first kappa shape index (κ1) is 13.8. The van der Waals surface area contributed by atoms with E-state index in [4.69, 9.17) is 0 Å². The van der Waals surface area contributed by atoms with Crippen LogP contribution in [0.1, 0.15) is 5.56 Å². The van der Waals surface area contributed by atoms with Crippen molar-refractivity contribution in [3.8, 4) is 0 Å². The Balaban J connectivity index is 0.00000132. The zero-order valence-electron chi connectivity index (χ0n) is 11.5. The number of imidazole rings is 1. The first-order chi connectivity index (χ1) is 9.93. The molecule has 0 aliphatic rings. The second-order valence-electron chi connectivity index (χ2n) is 4.99. The second-order valence-corrected chi connectivity index (χ2v) is 4.99. The van der Waals surface area contributed by atoms with Gasteiger partial charge in [-0.25, -0.2) is 4.57 Å². The van der Waals surface area contributed by atoms with Crippen molar-refractivity contribution >= 4 is 16.7 Å². The third-order valence-corrected chi connectivity index (χ3v) is 3.73. The van der Waals surface area contributed by atoms with Gasteiger partial charge in [-0.05, 0) is 23.8 Å². The maximum atomic E-state index is 2.37. The number of para-hydroxylation sites is 2. The maximum Gasteiger partial charge on any atom is 0.287 e. The highest BCUT2D eigenvalue weighted by Crippen LogP contribution is 2.15. The predicted molar refractivity (Wildman–Crippen MR) is 80.6 cm³/mol. The van der Waals surface area contributed by atoms with E-state index in [0.29, 0.717) is 0 Å². The number of benzene rings is 2. The molecule has 0 atom stereocenters. The van der Waals surface area contributed by atoms with Gasteiger partial charge in [0.2, 0.25) is 0 Å². The van der Waals surface area contributed by atoms with Crippen LogP contribution < -0.4 is 21.5 Å². The lowest BCUT2D eigenvalue weighted by Crippen LogP contribution is -3.00. The van der Waals surface area contributed by atoms with Crippen LogP contribution in [0.4, 0.5) is 0 Å². The molecule has 2 heterocycles. The van der Waals surface area contributed by atoms with E-state index in [1.54, 1.807) is 0 Å². The monoisotopic (exact) mass is 338 g/mol. The normalized spacial score (nSPS) is 10.7. The molecular weight excluding hydrogens is 324 g/mol. The summed E-state index contributed by atoms with van der Waals surface area (Å²) in [4.78, 5) is 0. The van der Waals surface area contributed by atoms with Crippen molar-refractivity contribution in [2.75, 3.05) is 0 Å². The minimum atomic E-state index is 0. The Labute approximate surface area is 134 Å². The molecule has 2 aromatic carbocycles. The molecule has 0 spiro atoms. The zero-order chi connectivity index (χ0) is 13.4. The third-order valence-electron chi connectivity index (χ3n) is 3.73. The van der Waals surface area contributed by atoms with Gasteiger partial charge in [0.1, 0.15) is 6.54 Å². The number of halogens is 1. The van der Waals surface area contributed by atoms with Gasteiger partial charge in [0.05, 0.1) is 6.20 Å². The van der Waals surface area contributed by atoms with Crippen LogP contribution in [0.2, 0.25) is 0 Å². The first-order valence-electron chi connectivity index (χ1n) is 6.85. The topological polar surface area (TPSA) is 8.29 Å². The van der Waals surface area contributed by atoms with E-state index in [-0.39, 0.29) is 17.0 Å². The second kappa shape index (κ2) is 5.70. The predicted octanol–water partition coefficient (Wildman–Crippen LogP) is 0.432. The highest BCUT2D eigenvalue weighted by molar-refractivity contribution is 5.75. The van der Waals surface area contributed by atoms with Crippen LogP contribution in [0.3, 0.4) is 0 Å². The Bertz CT molecular complexity index is 828. The Morgan fingerprint density at radius 3 is 2.33 bits per heavy atom. The largest absolute Gasteiger partial charge is 1.00 e. The molecule has 0 aliphatic carbocycles. The minimum Gasteiger partial charge on any atom is -1.00 e. The van der Waals surface area contributed by atoms with Gasteiger partial charge >= 0.3 is 0 Å². The Kier molecular flexibility index (Phi) is 3.76. The maximum absolute atomic E-state index is 2.37. The fourth-order valence-corrected chi connectivity index (χ4v) is 2.81. The number of pyridine rings is 1. The molecule has 3 heteroatoms. The minimum absolute atomic E-state index is 0. The molecule has 0 amide bonds. The number of aromatic nitrogens is 2. The van der Waals surface area contributed by atoms with Crippen molar-refractivity contribution in [3.05, 3.63) is 84.6 Å². The quantitative estimate of drug-likeness (QED) is 0.468. The van der Waals surface area contributed by atoms with Crippen molar-refractivity contribution in [2.24, 2.45) is 0 Å². The van der Waals surface area contributed by atoms with Gasteiger partial charge in [0, 0.05) is 6.07 Å². The van der Waals surface area contributed by atoms with Crippen LogP contribution >= 0.6 is 0 Å². The number of hydrogen-bond acceptors (Lipinski definition) is 0. The molecule has 0 unspecified atom stereocenters. The number of hydrogen-bond donors (Lipinski definition) is 0. The molecular formula is C18H15BrN2. The summed E-state index contributed by atoms with van der Waals surface area (Å²) in [6.07, 6.45) is 2.12. The first-order valence-corrected chi connectivity index (χ1v) is 6.85. The lowest BCUT2D eigenvalue weighted by molar-refractivity contribution is -0.636. The fraction of sp³-hybridized carbons (Fsp3) is 0.0556. The Morgan fingerprint density at radius 2 is 1.48 bits per heavy atom. The van der Waals surface area contributed by atoms with E-state index in [2.05, 4.69) is 88.0 Å². The van der Waals surface area contributed by atoms with Crippen LogP contribution in [0.5, 0.6) is 0 Å². The average molecular weight is 339 g/mol. The molecule has 21 heavy (non-hydrogen) atoms. The highest BCUT2D eigenvalue weighted by Gasteiger charge is 2.17. The molecule has 0 saturated heterocycles. The van der Waals surface area contributed by atoms with Gasteiger partial charge in [-0.15, -0.1) is 0 Å². The molecule has 0 radical (unpaired) electrons. The third kappa shape index (κ3) is 2.34. The molecule has 0 bridgehead atoms. The fourth-order valence-electron chi connectivity index (χ4n) is 2.81. The van der Waals surface area contributed by atoms with Crippen LogP contribution in [0.25, 0.3) is 16.7 Å². The van der Waals surface area contributed by atoms with Crippen molar-refractivity contribution < 1.29 is 21.5 Å². The van der Waals surface area contributed by atoms with E-state index in [9.17, 15) is 0 Å². The molecule has 0 aliphatic heterocycles. The van der Waals surface area contributed by atoms with E-state index in [1.807, 2.05) is 0 Å². The van der Waals surface area contributed by atoms with Gasteiger partial charge in [-0.1, -0.05) is 48.5 Å². The van der Waals surface area contributed by atoms with Crippen molar-refractivity contribution in [2.45, 2.75) is 6.54 Å². The van der Waals surface area contributed by atoms with Crippen LogP contribution in [-0.4, -0.2) is 4.40 Å². The molecule has 0 N–H and O–H groups in total. The van der Waals surface area contributed by atoms with Gasteiger partial charge in [0.15, 0.2) is 11.0 Å². The van der Waals surface area contributed by atoms with Gasteiger partial charge < -0.3 is 17.0 Å². The summed E-state index contributed by atoms with van der Waals surface area (Å²) in [7, 11) is 0.